The zero-order chi connectivity index (χ0) is 17.6. The van der Waals surface area contributed by atoms with Crippen LogP contribution in [0.15, 0.2) is 18.2 Å². The summed E-state index contributed by atoms with van der Waals surface area (Å²) in [6.45, 7) is 0.501. The zero-order valence-electron chi connectivity index (χ0n) is 15.5. The van der Waals surface area contributed by atoms with E-state index in [1.54, 1.807) is 7.11 Å². The highest BCUT2D eigenvalue weighted by Gasteiger charge is 2.26. The Morgan fingerprint density at radius 1 is 1.15 bits per heavy atom. The Hall–Kier alpha value is -1.46. The molecule has 0 heterocycles. The molecule has 0 bridgehead atoms. The minimum absolute atomic E-state index is 0. The van der Waals surface area contributed by atoms with Crippen molar-refractivity contribution >= 4 is 18.3 Å². The summed E-state index contributed by atoms with van der Waals surface area (Å²) in [5, 5.41) is 3.00. The van der Waals surface area contributed by atoms with E-state index in [-0.39, 0.29) is 24.4 Å². The van der Waals surface area contributed by atoms with Gasteiger partial charge in [-0.15, -0.1) is 12.4 Å². The van der Waals surface area contributed by atoms with Crippen molar-refractivity contribution in [3.8, 4) is 11.5 Å². The third-order valence-electron chi connectivity index (χ3n) is 5.48. The first kappa shape index (κ1) is 20.8. The molecule has 0 aromatic heterocycles. The lowest BCUT2D eigenvalue weighted by Gasteiger charge is -2.17. The van der Waals surface area contributed by atoms with Crippen molar-refractivity contribution in [2.75, 3.05) is 7.11 Å². The van der Waals surface area contributed by atoms with Gasteiger partial charge in [0.1, 0.15) is 0 Å². The molecule has 2 aliphatic carbocycles. The Kier molecular flexibility index (Phi) is 8.04. The van der Waals surface area contributed by atoms with Gasteiger partial charge in [-0.25, -0.2) is 0 Å². The number of hydrogen-bond acceptors (Lipinski definition) is 4. The normalized spacial score (nSPS) is 22.7. The monoisotopic (exact) mass is 382 g/mol. The Labute approximate surface area is 162 Å². The second-order valence-electron chi connectivity index (χ2n) is 7.35. The maximum atomic E-state index is 12.1. The highest BCUT2D eigenvalue weighted by atomic mass is 35.5. The average Bonchev–Trinajstić information content (AvgIpc) is 3.26. The van der Waals surface area contributed by atoms with Gasteiger partial charge in [-0.3, -0.25) is 4.79 Å². The quantitative estimate of drug-likeness (QED) is 0.756. The summed E-state index contributed by atoms with van der Waals surface area (Å²) in [4.78, 5) is 12.1. The van der Waals surface area contributed by atoms with E-state index in [9.17, 15) is 4.79 Å². The molecule has 1 aromatic carbocycles. The van der Waals surface area contributed by atoms with Gasteiger partial charge >= 0.3 is 0 Å². The number of methoxy groups -OCH3 is 1. The van der Waals surface area contributed by atoms with E-state index >= 15 is 0 Å². The molecule has 0 radical (unpaired) electrons. The highest BCUT2D eigenvalue weighted by molar-refractivity contribution is 5.85. The number of ether oxygens (including phenoxy) is 2. The van der Waals surface area contributed by atoms with Crippen molar-refractivity contribution < 1.29 is 14.3 Å². The van der Waals surface area contributed by atoms with Gasteiger partial charge in [-0.05, 0) is 62.1 Å². The molecule has 2 fully saturated rings. The van der Waals surface area contributed by atoms with Gasteiger partial charge < -0.3 is 20.5 Å². The van der Waals surface area contributed by atoms with Crippen LogP contribution in [0.2, 0.25) is 0 Å². The lowest BCUT2D eigenvalue weighted by Crippen LogP contribution is -2.31. The van der Waals surface area contributed by atoms with Crippen LogP contribution < -0.4 is 20.5 Å². The van der Waals surface area contributed by atoms with Crippen LogP contribution in [-0.4, -0.2) is 25.2 Å². The maximum absolute atomic E-state index is 12.1. The first-order valence-corrected chi connectivity index (χ1v) is 9.51. The van der Waals surface area contributed by atoms with E-state index in [0.29, 0.717) is 25.0 Å². The molecule has 146 valence electrons. The van der Waals surface area contributed by atoms with E-state index in [1.807, 2.05) is 18.2 Å². The number of carbonyl (C=O) groups is 1. The largest absolute Gasteiger partial charge is 0.493 e. The minimum Gasteiger partial charge on any atom is -0.493 e. The number of benzene rings is 1. The molecule has 0 spiro atoms. The van der Waals surface area contributed by atoms with Crippen LogP contribution in [0.5, 0.6) is 11.5 Å². The highest BCUT2D eigenvalue weighted by Crippen LogP contribution is 2.32. The fourth-order valence-corrected chi connectivity index (χ4v) is 3.93. The van der Waals surface area contributed by atoms with Crippen LogP contribution in [0.1, 0.15) is 56.9 Å². The third-order valence-corrected chi connectivity index (χ3v) is 5.48. The van der Waals surface area contributed by atoms with Crippen molar-refractivity contribution in [2.45, 2.75) is 70.1 Å². The van der Waals surface area contributed by atoms with Gasteiger partial charge in [0.2, 0.25) is 5.91 Å². The van der Waals surface area contributed by atoms with Crippen molar-refractivity contribution in [2.24, 2.45) is 11.7 Å². The number of nitrogens with one attached hydrogen (secondary N) is 1. The summed E-state index contributed by atoms with van der Waals surface area (Å²) in [6, 6.07) is 6.07. The molecule has 2 saturated carbocycles. The van der Waals surface area contributed by atoms with Crippen LogP contribution >= 0.6 is 12.4 Å². The van der Waals surface area contributed by atoms with Crippen LogP contribution in [-0.2, 0) is 11.3 Å². The van der Waals surface area contributed by atoms with Gasteiger partial charge in [0.05, 0.1) is 13.2 Å². The Balaban J connectivity index is 0.00000243. The Morgan fingerprint density at radius 2 is 1.92 bits per heavy atom. The van der Waals surface area contributed by atoms with Crippen LogP contribution in [0, 0.1) is 5.92 Å². The van der Waals surface area contributed by atoms with Gasteiger partial charge in [-0.1, -0.05) is 12.5 Å². The second-order valence-corrected chi connectivity index (χ2v) is 7.35. The van der Waals surface area contributed by atoms with Gasteiger partial charge in [0.15, 0.2) is 11.5 Å². The lowest BCUT2D eigenvalue weighted by molar-refractivity contribution is -0.122. The predicted molar refractivity (Wildman–Crippen MR) is 105 cm³/mol. The average molecular weight is 383 g/mol. The molecule has 26 heavy (non-hydrogen) atoms. The van der Waals surface area contributed by atoms with Gasteiger partial charge in [-0.2, -0.15) is 0 Å². The smallest absolute Gasteiger partial charge is 0.220 e. The molecule has 0 saturated heterocycles. The lowest BCUT2D eigenvalue weighted by atomic mass is 10.00. The summed E-state index contributed by atoms with van der Waals surface area (Å²) in [7, 11) is 1.65. The number of nitrogens with two attached hydrogens (primary N) is 1. The topological polar surface area (TPSA) is 73.6 Å². The molecule has 0 unspecified atom stereocenters. The predicted octanol–water partition coefficient (Wildman–Crippen LogP) is 3.57. The van der Waals surface area contributed by atoms with Crippen molar-refractivity contribution in [1.82, 2.24) is 5.32 Å². The first-order valence-electron chi connectivity index (χ1n) is 9.51. The molecular formula is C20H31ClN2O3. The van der Waals surface area contributed by atoms with E-state index in [2.05, 4.69) is 5.32 Å². The molecule has 2 atom stereocenters. The number of halogens is 1. The number of hydrogen-bond donors (Lipinski definition) is 2. The van der Waals surface area contributed by atoms with E-state index in [1.165, 1.54) is 12.8 Å². The molecular weight excluding hydrogens is 352 g/mol. The summed E-state index contributed by atoms with van der Waals surface area (Å²) in [5.74, 6) is 1.93. The van der Waals surface area contributed by atoms with Crippen molar-refractivity contribution in [3.63, 3.8) is 0 Å². The fourth-order valence-electron chi connectivity index (χ4n) is 3.93. The molecule has 3 N–H and O–H groups in total. The van der Waals surface area contributed by atoms with Crippen molar-refractivity contribution in [1.29, 1.82) is 0 Å². The van der Waals surface area contributed by atoms with E-state index in [0.717, 1.165) is 49.2 Å². The summed E-state index contributed by atoms with van der Waals surface area (Å²) < 4.78 is 11.5. The van der Waals surface area contributed by atoms with Crippen LogP contribution in [0.3, 0.4) is 0 Å². The van der Waals surface area contributed by atoms with Crippen LogP contribution in [0.25, 0.3) is 0 Å². The molecule has 3 rings (SSSR count). The Morgan fingerprint density at radius 3 is 2.58 bits per heavy atom. The van der Waals surface area contributed by atoms with Crippen molar-refractivity contribution in [3.05, 3.63) is 23.8 Å². The van der Waals surface area contributed by atoms with E-state index in [4.69, 9.17) is 15.2 Å². The molecule has 0 aliphatic heterocycles. The number of amides is 1. The molecule has 1 aromatic rings. The minimum atomic E-state index is 0. The van der Waals surface area contributed by atoms with E-state index < -0.39 is 0 Å². The van der Waals surface area contributed by atoms with Gasteiger partial charge in [0.25, 0.3) is 0 Å². The summed E-state index contributed by atoms with van der Waals surface area (Å²) in [6.07, 6.45) is 8.78. The third kappa shape index (κ3) is 5.52. The summed E-state index contributed by atoms with van der Waals surface area (Å²) in [5.41, 5.74) is 7.06. The molecule has 1 amide bonds. The molecule has 2 aliphatic rings. The molecule has 6 heteroatoms. The standard InChI is InChI=1S/C20H30N2O3.ClH/c1-24-19-11-14(9-10-18(19)25-16-6-2-3-7-16)13-22-20(23)12-15-5-4-8-17(15)21;/h9-11,15-17H,2-8,12-13,21H2,1H3,(H,22,23);1H/t15-,17+;/m0./s1. The number of rotatable bonds is 7. The maximum Gasteiger partial charge on any atom is 0.220 e. The molecule has 5 nitrogen and oxygen atoms in total. The second kappa shape index (κ2) is 10.0. The first-order chi connectivity index (χ1) is 12.2. The summed E-state index contributed by atoms with van der Waals surface area (Å²) >= 11 is 0. The SMILES string of the molecule is COc1cc(CNC(=O)C[C@@H]2CCC[C@H]2N)ccc1OC1CCCC1.Cl. The zero-order valence-corrected chi connectivity index (χ0v) is 16.4. The Bertz CT molecular complexity index is 590. The van der Waals surface area contributed by atoms with Crippen LogP contribution in [0.4, 0.5) is 0 Å². The number of carbonyl (C=O) groups excluding carboxylic acids is 1. The van der Waals surface area contributed by atoms with Gasteiger partial charge in [0, 0.05) is 19.0 Å². The fraction of sp³-hybridized carbons (Fsp3) is 0.650.